The Morgan fingerprint density at radius 1 is 1.00 bits per heavy atom. The van der Waals surface area contributed by atoms with Crippen LogP contribution in [0.3, 0.4) is 0 Å². The lowest BCUT2D eigenvalue weighted by molar-refractivity contribution is 0.891. The van der Waals surface area contributed by atoms with Crippen molar-refractivity contribution in [3.63, 3.8) is 0 Å². The van der Waals surface area contributed by atoms with Gasteiger partial charge in [-0.3, -0.25) is 0 Å². The Bertz CT molecular complexity index is 449. The van der Waals surface area contributed by atoms with E-state index in [-0.39, 0.29) is 0 Å². The summed E-state index contributed by atoms with van der Waals surface area (Å²) >= 11 is 0. The summed E-state index contributed by atoms with van der Waals surface area (Å²) in [6, 6.07) is 13.1. The minimum Gasteiger partial charge on any atom is -0.348 e. The third-order valence-electron chi connectivity index (χ3n) is 3.03. The number of rotatable bonds is 2. The quantitative estimate of drug-likeness (QED) is 0.697. The van der Waals surface area contributed by atoms with Crippen molar-refractivity contribution in [2.75, 3.05) is 0 Å². The summed E-state index contributed by atoms with van der Waals surface area (Å²) in [5.74, 6) is 0. The van der Waals surface area contributed by atoms with Crippen molar-refractivity contribution in [3.05, 3.63) is 47.7 Å². The van der Waals surface area contributed by atoms with Crippen LogP contribution in [0.15, 0.2) is 36.4 Å². The highest BCUT2D eigenvalue weighted by atomic mass is 14.9. The number of benzene rings is 1. The minimum atomic E-state index is 1.10. The molecule has 1 nitrogen and oxygen atoms in total. The lowest BCUT2D eigenvalue weighted by atomic mass is 10.1. The first kappa shape index (κ1) is 10.0. The van der Waals surface area contributed by atoms with Gasteiger partial charge in [-0.25, -0.2) is 0 Å². The second kappa shape index (κ2) is 3.93. The lowest BCUT2D eigenvalue weighted by Crippen LogP contribution is -1.93. The highest BCUT2D eigenvalue weighted by Crippen LogP contribution is 2.21. The molecule has 78 valence electrons. The van der Waals surface area contributed by atoms with E-state index in [4.69, 9.17) is 0 Å². The number of hydrogen-bond donors (Lipinski definition) is 0. The fourth-order valence-corrected chi connectivity index (χ4v) is 1.81. The van der Waals surface area contributed by atoms with Crippen LogP contribution >= 0.6 is 0 Å². The van der Waals surface area contributed by atoms with Gasteiger partial charge in [0.15, 0.2) is 0 Å². The molecule has 0 saturated carbocycles. The van der Waals surface area contributed by atoms with Crippen LogP contribution in [-0.2, 0) is 13.5 Å². The number of aryl methyl sites for hydroxylation is 2. The SMILES string of the molecule is CCc1ccc(-c2ccc(C)n2C)cc1. The first-order chi connectivity index (χ1) is 7.22. The van der Waals surface area contributed by atoms with Crippen LogP contribution in [0.1, 0.15) is 18.2 Å². The monoisotopic (exact) mass is 199 g/mol. The third-order valence-corrected chi connectivity index (χ3v) is 3.03. The molecule has 0 amide bonds. The molecule has 0 radical (unpaired) electrons. The molecule has 15 heavy (non-hydrogen) atoms. The summed E-state index contributed by atoms with van der Waals surface area (Å²) < 4.78 is 2.22. The van der Waals surface area contributed by atoms with E-state index in [1.165, 1.54) is 22.5 Å². The van der Waals surface area contributed by atoms with E-state index in [1.54, 1.807) is 0 Å². The lowest BCUT2D eigenvalue weighted by Gasteiger charge is -2.06. The first-order valence-electron chi connectivity index (χ1n) is 5.44. The molecule has 1 aromatic heterocycles. The number of hydrogen-bond acceptors (Lipinski definition) is 0. The van der Waals surface area contributed by atoms with Gasteiger partial charge in [0.1, 0.15) is 0 Å². The summed E-state index contributed by atoms with van der Waals surface area (Å²) in [7, 11) is 2.11. The molecule has 0 N–H and O–H groups in total. The standard InChI is InChI=1S/C14H17N/c1-4-12-6-8-13(9-7-12)14-10-5-11(2)15(14)3/h5-10H,4H2,1-3H3. The smallest absolute Gasteiger partial charge is 0.0479 e. The normalized spacial score (nSPS) is 10.6. The van der Waals surface area contributed by atoms with Crippen molar-refractivity contribution in [2.24, 2.45) is 7.05 Å². The Balaban J connectivity index is 2.41. The Morgan fingerprint density at radius 2 is 1.67 bits per heavy atom. The molecule has 1 heterocycles. The maximum Gasteiger partial charge on any atom is 0.0479 e. The summed E-state index contributed by atoms with van der Waals surface area (Å²) in [5, 5.41) is 0. The van der Waals surface area contributed by atoms with E-state index in [0.717, 1.165) is 6.42 Å². The Morgan fingerprint density at radius 3 is 2.13 bits per heavy atom. The van der Waals surface area contributed by atoms with Gasteiger partial charge in [-0.1, -0.05) is 31.2 Å². The van der Waals surface area contributed by atoms with Crippen molar-refractivity contribution in [1.82, 2.24) is 4.57 Å². The molecule has 0 aliphatic carbocycles. The predicted molar refractivity (Wildman–Crippen MR) is 65.0 cm³/mol. The average molecular weight is 199 g/mol. The van der Waals surface area contributed by atoms with Crippen LogP contribution in [0, 0.1) is 6.92 Å². The van der Waals surface area contributed by atoms with E-state index < -0.39 is 0 Å². The zero-order valence-electron chi connectivity index (χ0n) is 9.62. The molecule has 0 fully saturated rings. The fourth-order valence-electron chi connectivity index (χ4n) is 1.81. The van der Waals surface area contributed by atoms with Crippen molar-refractivity contribution in [1.29, 1.82) is 0 Å². The van der Waals surface area contributed by atoms with Crippen LogP contribution in [0.4, 0.5) is 0 Å². The Kier molecular flexibility index (Phi) is 2.63. The van der Waals surface area contributed by atoms with Crippen LogP contribution in [-0.4, -0.2) is 4.57 Å². The maximum absolute atomic E-state index is 2.22. The number of aromatic nitrogens is 1. The van der Waals surface area contributed by atoms with E-state index in [0.29, 0.717) is 0 Å². The average Bonchev–Trinajstić information content (AvgIpc) is 2.60. The molecule has 1 heteroatoms. The molecular formula is C14H17N. The van der Waals surface area contributed by atoms with Crippen molar-refractivity contribution in [2.45, 2.75) is 20.3 Å². The molecule has 0 aliphatic heterocycles. The molecular weight excluding hydrogens is 182 g/mol. The molecule has 0 bridgehead atoms. The molecule has 2 aromatic rings. The fraction of sp³-hybridized carbons (Fsp3) is 0.286. The molecule has 1 aromatic carbocycles. The summed E-state index contributed by atoms with van der Waals surface area (Å²) in [6.45, 7) is 4.31. The zero-order chi connectivity index (χ0) is 10.8. The van der Waals surface area contributed by atoms with Gasteiger partial charge in [0.2, 0.25) is 0 Å². The molecule has 0 unspecified atom stereocenters. The summed E-state index contributed by atoms with van der Waals surface area (Å²) in [6.07, 6.45) is 1.10. The van der Waals surface area contributed by atoms with Crippen LogP contribution in [0.2, 0.25) is 0 Å². The minimum absolute atomic E-state index is 1.10. The predicted octanol–water partition coefficient (Wildman–Crippen LogP) is 3.56. The second-order valence-corrected chi connectivity index (χ2v) is 3.97. The van der Waals surface area contributed by atoms with Crippen LogP contribution < -0.4 is 0 Å². The van der Waals surface area contributed by atoms with Crippen molar-refractivity contribution < 1.29 is 0 Å². The zero-order valence-corrected chi connectivity index (χ0v) is 9.62. The van der Waals surface area contributed by atoms with E-state index in [1.807, 2.05) is 0 Å². The van der Waals surface area contributed by atoms with Gasteiger partial charge in [-0.15, -0.1) is 0 Å². The van der Waals surface area contributed by atoms with E-state index >= 15 is 0 Å². The highest BCUT2D eigenvalue weighted by molar-refractivity contribution is 5.61. The Hall–Kier alpha value is -1.50. The van der Waals surface area contributed by atoms with E-state index in [9.17, 15) is 0 Å². The largest absolute Gasteiger partial charge is 0.348 e. The highest BCUT2D eigenvalue weighted by Gasteiger charge is 2.03. The number of nitrogens with zero attached hydrogens (tertiary/aromatic N) is 1. The molecule has 0 spiro atoms. The first-order valence-corrected chi connectivity index (χ1v) is 5.44. The third kappa shape index (κ3) is 1.82. The van der Waals surface area contributed by atoms with E-state index in [2.05, 4.69) is 61.9 Å². The van der Waals surface area contributed by atoms with Gasteiger partial charge in [-0.2, -0.15) is 0 Å². The molecule has 0 saturated heterocycles. The topological polar surface area (TPSA) is 4.93 Å². The van der Waals surface area contributed by atoms with Gasteiger partial charge in [-0.05, 0) is 36.6 Å². The van der Waals surface area contributed by atoms with Gasteiger partial charge >= 0.3 is 0 Å². The molecule has 2 rings (SSSR count). The Labute approximate surface area is 91.4 Å². The second-order valence-electron chi connectivity index (χ2n) is 3.97. The van der Waals surface area contributed by atoms with Gasteiger partial charge < -0.3 is 4.57 Å². The van der Waals surface area contributed by atoms with Crippen LogP contribution in [0.25, 0.3) is 11.3 Å². The molecule has 0 aliphatic rings. The van der Waals surface area contributed by atoms with Crippen molar-refractivity contribution in [3.8, 4) is 11.3 Å². The molecule has 0 atom stereocenters. The van der Waals surface area contributed by atoms with Gasteiger partial charge in [0, 0.05) is 18.4 Å². The van der Waals surface area contributed by atoms with Crippen molar-refractivity contribution >= 4 is 0 Å². The van der Waals surface area contributed by atoms with Crippen LogP contribution in [0.5, 0.6) is 0 Å². The summed E-state index contributed by atoms with van der Waals surface area (Å²) in [5.41, 5.74) is 5.27. The van der Waals surface area contributed by atoms with Gasteiger partial charge in [0.05, 0.1) is 0 Å². The van der Waals surface area contributed by atoms with Gasteiger partial charge in [0.25, 0.3) is 0 Å². The summed E-state index contributed by atoms with van der Waals surface area (Å²) in [4.78, 5) is 0. The maximum atomic E-state index is 2.22.